The van der Waals surface area contributed by atoms with Crippen LogP contribution in [0.4, 0.5) is 5.69 Å². The molecule has 5 nitrogen and oxygen atoms in total. The Labute approximate surface area is 143 Å². The van der Waals surface area contributed by atoms with Crippen LogP contribution in [0.5, 0.6) is 0 Å². The van der Waals surface area contributed by atoms with Crippen molar-refractivity contribution >= 4 is 17.5 Å². The molecule has 2 N–H and O–H groups in total. The SMILES string of the molecule is C=CC(=O)Nc1ccc(C(=O)N2CCCC2(CO)CC(C)C)cc1. The number of likely N-dealkylation sites (tertiary alicyclic amines) is 1. The maximum absolute atomic E-state index is 12.9. The van der Waals surface area contributed by atoms with Crippen LogP contribution in [-0.4, -0.2) is 40.5 Å². The van der Waals surface area contributed by atoms with E-state index >= 15 is 0 Å². The molecule has 1 heterocycles. The van der Waals surface area contributed by atoms with E-state index in [0.29, 0.717) is 23.7 Å². The molecule has 5 heteroatoms. The monoisotopic (exact) mass is 330 g/mol. The third-order valence-electron chi connectivity index (χ3n) is 4.51. The van der Waals surface area contributed by atoms with Crippen molar-refractivity contribution in [2.75, 3.05) is 18.5 Å². The summed E-state index contributed by atoms with van der Waals surface area (Å²) in [6, 6.07) is 6.81. The summed E-state index contributed by atoms with van der Waals surface area (Å²) in [6.45, 7) is 8.28. The van der Waals surface area contributed by atoms with E-state index in [4.69, 9.17) is 0 Å². The number of carbonyl (C=O) groups is 2. The molecule has 0 saturated carbocycles. The molecule has 1 saturated heterocycles. The van der Waals surface area contributed by atoms with E-state index in [1.807, 2.05) is 4.90 Å². The summed E-state index contributed by atoms with van der Waals surface area (Å²) in [5, 5.41) is 12.6. The van der Waals surface area contributed by atoms with Gasteiger partial charge in [-0.15, -0.1) is 0 Å². The number of rotatable bonds is 6. The first-order valence-corrected chi connectivity index (χ1v) is 8.38. The number of aliphatic hydroxyl groups excluding tert-OH is 1. The maximum atomic E-state index is 12.9. The molecule has 1 aliphatic rings. The van der Waals surface area contributed by atoms with Crippen molar-refractivity contribution in [3.63, 3.8) is 0 Å². The molecule has 1 aromatic carbocycles. The van der Waals surface area contributed by atoms with Gasteiger partial charge in [-0.1, -0.05) is 20.4 Å². The number of nitrogens with one attached hydrogen (secondary N) is 1. The van der Waals surface area contributed by atoms with Crippen molar-refractivity contribution in [1.29, 1.82) is 0 Å². The number of aliphatic hydroxyl groups is 1. The van der Waals surface area contributed by atoms with Gasteiger partial charge in [0.2, 0.25) is 5.91 Å². The molecule has 2 amide bonds. The van der Waals surface area contributed by atoms with E-state index in [1.165, 1.54) is 6.08 Å². The zero-order valence-electron chi connectivity index (χ0n) is 14.4. The molecule has 0 radical (unpaired) electrons. The number of anilines is 1. The van der Waals surface area contributed by atoms with Crippen LogP contribution in [0.3, 0.4) is 0 Å². The van der Waals surface area contributed by atoms with Gasteiger partial charge in [0.1, 0.15) is 0 Å². The van der Waals surface area contributed by atoms with Crippen molar-refractivity contribution in [1.82, 2.24) is 4.90 Å². The van der Waals surface area contributed by atoms with E-state index < -0.39 is 5.54 Å². The number of nitrogens with zero attached hydrogens (tertiary/aromatic N) is 1. The second-order valence-corrected chi connectivity index (χ2v) is 6.81. The number of hydrogen-bond acceptors (Lipinski definition) is 3. The maximum Gasteiger partial charge on any atom is 0.254 e. The second-order valence-electron chi connectivity index (χ2n) is 6.81. The number of benzene rings is 1. The minimum Gasteiger partial charge on any atom is -0.394 e. The lowest BCUT2D eigenvalue weighted by atomic mass is 9.86. The smallest absolute Gasteiger partial charge is 0.254 e. The fourth-order valence-corrected chi connectivity index (χ4v) is 3.50. The lowest BCUT2D eigenvalue weighted by molar-refractivity contribution is -0.111. The molecule has 24 heavy (non-hydrogen) atoms. The molecule has 1 aliphatic heterocycles. The van der Waals surface area contributed by atoms with E-state index in [0.717, 1.165) is 19.3 Å². The van der Waals surface area contributed by atoms with Crippen molar-refractivity contribution in [2.45, 2.75) is 38.6 Å². The molecule has 130 valence electrons. The number of hydrogen-bond donors (Lipinski definition) is 2. The van der Waals surface area contributed by atoms with Gasteiger partial charge in [-0.05, 0) is 55.5 Å². The van der Waals surface area contributed by atoms with Crippen LogP contribution in [0.2, 0.25) is 0 Å². The first-order valence-electron chi connectivity index (χ1n) is 8.38. The van der Waals surface area contributed by atoms with Gasteiger partial charge in [0.25, 0.3) is 5.91 Å². The van der Waals surface area contributed by atoms with Gasteiger partial charge in [0.05, 0.1) is 12.1 Å². The molecule has 1 unspecified atom stereocenters. The highest BCUT2D eigenvalue weighted by Crippen LogP contribution is 2.36. The lowest BCUT2D eigenvalue weighted by Gasteiger charge is -2.38. The molecule has 0 aliphatic carbocycles. The first-order chi connectivity index (χ1) is 11.4. The Balaban J connectivity index is 2.17. The first kappa shape index (κ1) is 18.2. The second kappa shape index (κ2) is 7.62. The van der Waals surface area contributed by atoms with Crippen LogP contribution < -0.4 is 5.32 Å². The zero-order valence-corrected chi connectivity index (χ0v) is 14.4. The van der Waals surface area contributed by atoms with Gasteiger partial charge < -0.3 is 15.3 Å². The molecule has 2 rings (SSSR count). The van der Waals surface area contributed by atoms with Crippen molar-refractivity contribution < 1.29 is 14.7 Å². The van der Waals surface area contributed by atoms with Crippen molar-refractivity contribution in [2.24, 2.45) is 5.92 Å². The fourth-order valence-electron chi connectivity index (χ4n) is 3.50. The number of amides is 2. The molecular weight excluding hydrogens is 304 g/mol. The van der Waals surface area contributed by atoms with Gasteiger partial charge >= 0.3 is 0 Å². The lowest BCUT2D eigenvalue weighted by Crippen LogP contribution is -2.50. The Hall–Kier alpha value is -2.14. The Kier molecular flexibility index (Phi) is 5.78. The summed E-state index contributed by atoms with van der Waals surface area (Å²) < 4.78 is 0. The Morgan fingerprint density at radius 3 is 2.58 bits per heavy atom. The van der Waals surface area contributed by atoms with Crippen molar-refractivity contribution in [3.8, 4) is 0 Å². The predicted octanol–water partition coefficient (Wildman–Crippen LogP) is 2.82. The Morgan fingerprint density at radius 2 is 2.04 bits per heavy atom. The van der Waals surface area contributed by atoms with Gasteiger partial charge in [0, 0.05) is 17.8 Å². The zero-order chi connectivity index (χ0) is 17.7. The van der Waals surface area contributed by atoms with E-state index in [2.05, 4.69) is 25.7 Å². The van der Waals surface area contributed by atoms with Crippen LogP contribution in [0.1, 0.15) is 43.5 Å². The fraction of sp³-hybridized carbons (Fsp3) is 0.474. The van der Waals surface area contributed by atoms with E-state index in [-0.39, 0.29) is 18.4 Å². The summed E-state index contributed by atoms with van der Waals surface area (Å²) in [5.74, 6) is 0.0516. The average Bonchev–Trinajstić information content (AvgIpc) is 2.98. The highest BCUT2D eigenvalue weighted by atomic mass is 16.3. The van der Waals surface area contributed by atoms with Crippen LogP contribution >= 0.6 is 0 Å². The number of carbonyl (C=O) groups excluding carboxylic acids is 2. The summed E-state index contributed by atoms with van der Waals surface area (Å²) in [7, 11) is 0. The van der Waals surface area contributed by atoms with Crippen LogP contribution in [0, 0.1) is 5.92 Å². The quantitative estimate of drug-likeness (QED) is 0.788. The third kappa shape index (κ3) is 3.85. The summed E-state index contributed by atoms with van der Waals surface area (Å²) in [6.07, 6.45) is 3.74. The van der Waals surface area contributed by atoms with Gasteiger partial charge in [-0.3, -0.25) is 9.59 Å². The van der Waals surface area contributed by atoms with Gasteiger partial charge in [-0.25, -0.2) is 0 Å². The van der Waals surface area contributed by atoms with Crippen molar-refractivity contribution in [3.05, 3.63) is 42.5 Å². The standard InChI is InChI=1S/C19H26N2O3/c1-4-17(23)20-16-8-6-15(7-9-16)18(24)21-11-5-10-19(21,13-22)12-14(2)3/h4,6-9,14,22H,1,5,10-13H2,2-3H3,(H,20,23). The normalized spacial score (nSPS) is 20.2. The molecule has 0 aromatic heterocycles. The minimum absolute atomic E-state index is 0.00953. The Morgan fingerprint density at radius 1 is 1.38 bits per heavy atom. The molecule has 1 aromatic rings. The summed E-state index contributed by atoms with van der Waals surface area (Å²) >= 11 is 0. The van der Waals surface area contributed by atoms with E-state index in [1.54, 1.807) is 24.3 Å². The highest BCUT2D eigenvalue weighted by Gasteiger charge is 2.43. The molecular formula is C19H26N2O3. The molecule has 1 fully saturated rings. The van der Waals surface area contributed by atoms with Crippen LogP contribution in [0.15, 0.2) is 36.9 Å². The molecule has 0 bridgehead atoms. The summed E-state index contributed by atoms with van der Waals surface area (Å²) in [4.78, 5) is 26.0. The van der Waals surface area contributed by atoms with Gasteiger partial charge in [0.15, 0.2) is 0 Å². The Bertz CT molecular complexity index is 610. The third-order valence-corrected chi connectivity index (χ3v) is 4.51. The predicted molar refractivity (Wildman–Crippen MR) is 94.8 cm³/mol. The van der Waals surface area contributed by atoms with Gasteiger partial charge in [-0.2, -0.15) is 0 Å². The topological polar surface area (TPSA) is 69.6 Å². The summed E-state index contributed by atoms with van der Waals surface area (Å²) in [5.41, 5.74) is 0.726. The minimum atomic E-state index is -0.457. The van der Waals surface area contributed by atoms with Crippen LogP contribution in [0.25, 0.3) is 0 Å². The van der Waals surface area contributed by atoms with E-state index in [9.17, 15) is 14.7 Å². The van der Waals surface area contributed by atoms with Crippen LogP contribution in [-0.2, 0) is 4.79 Å². The highest BCUT2D eigenvalue weighted by molar-refractivity contribution is 6.00. The average molecular weight is 330 g/mol. The molecule has 1 atom stereocenters. The largest absolute Gasteiger partial charge is 0.394 e. The molecule has 0 spiro atoms.